The number of hydrogen-bond acceptors (Lipinski definition) is 3. The number of likely N-dealkylation sites (tertiary alicyclic amines) is 1. The predicted octanol–water partition coefficient (Wildman–Crippen LogP) is 3.50. The summed E-state index contributed by atoms with van der Waals surface area (Å²) in [5.74, 6) is 0.0791. The van der Waals surface area contributed by atoms with E-state index >= 15 is 0 Å². The van der Waals surface area contributed by atoms with E-state index in [1.807, 2.05) is 23.6 Å². The first kappa shape index (κ1) is 14.5. The van der Waals surface area contributed by atoms with Crippen molar-refractivity contribution in [3.05, 3.63) is 35.2 Å². The number of amides is 1. The van der Waals surface area contributed by atoms with E-state index in [1.54, 1.807) is 11.3 Å². The lowest BCUT2D eigenvalue weighted by Gasteiger charge is -2.34. The molecule has 1 fully saturated rings. The van der Waals surface area contributed by atoms with Crippen molar-refractivity contribution in [3.63, 3.8) is 0 Å². The van der Waals surface area contributed by atoms with Crippen LogP contribution < -0.4 is 5.32 Å². The Labute approximate surface area is 130 Å². The lowest BCUT2D eigenvalue weighted by molar-refractivity contribution is 0.0902. The molecule has 1 aliphatic rings. The predicted molar refractivity (Wildman–Crippen MR) is 89.0 cm³/mol. The van der Waals surface area contributed by atoms with Crippen molar-refractivity contribution in [2.75, 3.05) is 13.1 Å². The SMILES string of the molecule is CC(C)N1CCC(NC(=O)c2csc3ccccc23)CC1. The van der Waals surface area contributed by atoms with Gasteiger partial charge in [0.05, 0.1) is 5.56 Å². The zero-order chi connectivity index (χ0) is 14.8. The second-order valence-corrected chi connectivity index (χ2v) is 6.93. The van der Waals surface area contributed by atoms with E-state index in [2.05, 4.69) is 30.1 Å². The van der Waals surface area contributed by atoms with Crippen LogP contribution in [0.2, 0.25) is 0 Å². The van der Waals surface area contributed by atoms with Gasteiger partial charge in [0, 0.05) is 40.6 Å². The largest absolute Gasteiger partial charge is 0.349 e. The molecule has 0 radical (unpaired) electrons. The maximum Gasteiger partial charge on any atom is 0.252 e. The molecular weight excluding hydrogens is 280 g/mol. The van der Waals surface area contributed by atoms with Crippen LogP contribution in [0.4, 0.5) is 0 Å². The third-order valence-electron chi connectivity index (χ3n) is 4.32. The number of piperidine rings is 1. The number of thiophene rings is 1. The van der Waals surface area contributed by atoms with Crippen LogP contribution in [-0.2, 0) is 0 Å². The molecule has 1 saturated heterocycles. The van der Waals surface area contributed by atoms with Crippen LogP contribution in [0.25, 0.3) is 10.1 Å². The van der Waals surface area contributed by atoms with Crippen molar-refractivity contribution in [1.29, 1.82) is 0 Å². The van der Waals surface area contributed by atoms with Crippen LogP contribution in [0.15, 0.2) is 29.6 Å². The van der Waals surface area contributed by atoms with Gasteiger partial charge in [0.15, 0.2) is 0 Å². The molecule has 0 unspecified atom stereocenters. The highest BCUT2D eigenvalue weighted by atomic mass is 32.1. The summed E-state index contributed by atoms with van der Waals surface area (Å²) in [7, 11) is 0. The monoisotopic (exact) mass is 302 g/mol. The third-order valence-corrected chi connectivity index (χ3v) is 5.28. The third kappa shape index (κ3) is 3.11. The molecule has 112 valence electrons. The highest BCUT2D eigenvalue weighted by Crippen LogP contribution is 2.26. The number of nitrogens with zero attached hydrogens (tertiary/aromatic N) is 1. The Morgan fingerprint density at radius 3 is 2.71 bits per heavy atom. The van der Waals surface area contributed by atoms with Gasteiger partial charge in [-0.1, -0.05) is 18.2 Å². The topological polar surface area (TPSA) is 32.3 Å². The highest BCUT2D eigenvalue weighted by molar-refractivity contribution is 7.17. The highest BCUT2D eigenvalue weighted by Gasteiger charge is 2.23. The Balaban J connectivity index is 1.65. The Kier molecular flexibility index (Phi) is 4.27. The van der Waals surface area contributed by atoms with Crippen molar-refractivity contribution < 1.29 is 4.79 Å². The van der Waals surface area contributed by atoms with Crippen molar-refractivity contribution in [2.45, 2.75) is 38.8 Å². The molecule has 1 amide bonds. The Morgan fingerprint density at radius 2 is 2.00 bits per heavy atom. The maximum absolute atomic E-state index is 12.5. The maximum atomic E-state index is 12.5. The number of carbonyl (C=O) groups is 1. The molecule has 0 aliphatic carbocycles. The molecule has 1 N–H and O–H groups in total. The fourth-order valence-electron chi connectivity index (χ4n) is 2.98. The van der Waals surface area contributed by atoms with Crippen LogP contribution in [0.1, 0.15) is 37.0 Å². The van der Waals surface area contributed by atoms with Gasteiger partial charge >= 0.3 is 0 Å². The molecule has 3 nitrogen and oxygen atoms in total. The van der Waals surface area contributed by atoms with Crippen LogP contribution in [0, 0.1) is 0 Å². The van der Waals surface area contributed by atoms with Gasteiger partial charge in [-0.2, -0.15) is 0 Å². The average Bonchev–Trinajstić information content (AvgIpc) is 2.92. The fraction of sp³-hybridized carbons (Fsp3) is 0.471. The van der Waals surface area contributed by atoms with Crippen molar-refractivity contribution in [1.82, 2.24) is 10.2 Å². The van der Waals surface area contributed by atoms with Gasteiger partial charge in [-0.25, -0.2) is 0 Å². The second-order valence-electron chi connectivity index (χ2n) is 6.02. The van der Waals surface area contributed by atoms with Crippen molar-refractivity contribution >= 4 is 27.3 Å². The summed E-state index contributed by atoms with van der Waals surface area (Å²) < 4.78 is 1.18. The van der Waals surface area contributed by atoms with E-state index in [0.717, 1.165) is 36.9 Å². The van der Waals surface area contributed by atoms with Gasteiger partial charge in [0.1, 0.15) is 0 Å². The number of nitrogens with one attached hydrogen (secondary N) is 1. The first-order valence-electron chi connectivity index (χ1n) is 7.66. The minimum absolute atomic E-state index is 0.0791. The van der Waals surface area contributed by atoms with Crippen molar-refractivity contribution in [3.8, 4) is 0 Å². The first-order valence-corrected chi connectivity index (χ1v) is 8.54. The van der Waals surface area contributed by atoms with E-state index in [9.17, 15) is 4.79 Å². The summed E-state index contributed by atoms with van der Waals surface area (Å²) in [6.45, 7) is 6.62. The Bertz CT molecular complexity index is 627. The molecule has 1 aromatic heterocycles. The number of fused-ring (bicyclic) bond motifs is 1. The van der Waals surface area contributed by atoms with Gasteiger partial charge < -0.3 is 10.2 Å². The standard InChI is InChI=1S/C17H22N2OS/c1-12(2)19-9-7-13(8-10-19)18-17(20)15-11-21-16-6-4-3-5-14(15)16/h3-6,11-13H,7-10H2,1-2H3,(H,18,20). The first-order chi connectivity index (χ1) is 10.1. The zero-order valence-electron chi connectivity index (χ0n) is 12.6. The molecule has 1 aromatic carbocycles. The van der Waals surface area contributed by atoms with Gasteiger partial charge in [-0.15, -0.1) is 11.3 Å². The number of hydrogen-bond donors (Lipinski definition) is 1. The summed E-state index contributed by atoms with van der Waals surface area (Å²) in [6.07, 6.45) is 2.10. The van der Waals surface area contributed by atoms with E-state index in [-0.39, 0.29) is 5.91 Å². The van der Waals surface area contributed by atoms with E-state index in [0.29, 0.717) is 12.1 Å². The Hall–Kier alpha value is -1.39. The molecule has 2 aromatic rings. The smallest absolute Gasteiger partial charge is 0.252 e. The van der Waals surface area contributed by atoms with E-state index < -0.39 is 0 Å². The molecule has 0 spiro atoms. The summed E-state index contributed by atoms with van der Waals surface area (Å²) in [5, 5.41) is 6.26. The van der Waals surface area contributed by atoms with Gasteiger partial charge in [0.25, 0.3) is 5.91 Å². The lowest BCUT2D eigenvalue weighted by atomic mass is 10.0. The van der Waals surface area contributed by atoms with Gasteiger partial charge in [-0.05, 0) is 32.8 Å². The minimum atomic E-state index is 0.0791. The molecule has 0 bridgehead atoms. The van der Waals surface area contributed by atoms with Crippen molar-refractivity contribution in [2.24, 2.45) is 0 Å². The van der Waals surface area contributed by atoms with Crippen LogP contribution >= 0.6 is 11.3 Å². The van der Waals surface area contributed by atoms with Crippen LogP contribution in [0.5, 0.6) is 0 Å². The average molecular weight is 302 g/mol. The van der Waals surface area contributed by atoms with Gasteiger partial charge in [-0.3, -0.25) is 4.79 Å². The molecular formula is C17H22N2OS. The molecule has 0 saturated carbocycles. The fourth-order valence-corrected chi connectivity index (χ4v) is 3.92. The number of rotatable bonds is 3. The molecule has 2 heterocycles. The summed E-state index contributed by atoms with van der Waals surface area (Å²) >= 11 is 1.64. The molecule has 4 heteroatoms. The zero-order valence-corrected chi connectivity index (χ0v) is 13.5. The van der Waals surface area contributed by atoms with E-state index in [4.69, 9.17) is 0 Å². The Morgan fingerprint density at radius 1 is 1.29 bits per heavy atom. The lowest BCUT2D eigenvalue weighted by Crippen LogP contribution is -2.46. The van der Waals surface area contributed by atoms with Crippen LogP contribution in [-0.4, -0.2) is 36.0 Å². The normalized spacial score (nSPS) is 17.5. The summed E-state index contributed by atoms with van der Waals surface area (Å²) in [4.78, 5) is 15.0. The molecule has 21 heavy (non-hydrogen) atoms. The number of benzene rings is 1. The quantitative estimate of drug-likeness (QED) is 0.941. The number of carbonyl (C=O) groups excluding carboxylic acids is 1. The molecule has 0 atom stereocenters. The second kappa shape index (κ2) is 6.16. The molecule has 1 aliphatic heterocycles. The van der Waals surface area contributed by atoms with Crippen LogP contribution in [0.3, 0.4) is 0 Å². The van der Waals surface area contributed by atoms with Gasteiger partial charge in [0.2, 0.25) is 0 Å². The van der Waals surface area contributed by atoms with E-state index in [1.165, 1.54) is 4.70 Å². The summed E-state index contributed by atoms with van der Waals surface area (Å²) in [5.41, 5.74) is 0.821. The minimum Gasteiger partial charge on any atom is -0.349 e. The summed E-state index contributed by atoms with van der Waals surface area (Å²) in [6, 6.07) is 9.02. The molecule has 3 rings (SSSR count).